The summed E-state index contributed by atoms with van der Waals surface area (Å²) in [5.41, 5.74) is 7.16. The number of primary amides is 1. The number of nitrogens with two attached hydrogens (primary N) is 1. The van der Waals surface area contributed by atoms with Gasteiger partial charge in [-0.15, -0.1) is 0 Å². The summed E-state index contributed by atoms with van der Waals surface area (Å²) in [5, 5.41) is 5.29. The molecule has 2 rings (SSSR count). The highest BCUT2D eigenvalue weighted by Crippen LogP contribution is 2.10. The van der Waals surface area contributed by atoms with Crippen LogP contribution in [0, 0.1) is 5.92 Å². The number of nitrogens with one attached hydrogen (secondary N) is 2. The van der Waals surface area contributed by atoms with Crippen molar-refractivity contribution >= 4 is 17.9 Å². The number of carbonyl (C=O) groups is 3. The van der Waals surface area contributed by atoms with Crippen LogP contribution >= 0.6 is 0 Å². The van der Waals surface area contributed by atoms with Gasteiger partial charge in [-0.2, -0.15) is 0 Å². The van der Waals surface area contributed by atoms with E-state index in [0.29, 0.717) is 6.42 Å². The molecule has 0 aliphatic carbocycles. The third-order valence-corrected chi connectivity index (χ3v) is 4.92. The average Bonchev–Trinajstić information content (AvgIpc) is 2.76. The molecule has 0 bridgehead atoms. The van der Waals surface area contributed by atoms with Crippen LogP contribution in [0.1, 0.15) is 31.4 Å². The van der Waals surface area contributed by atoms with E-state index >= 15 is 0 Å². The molecule has 0 aliphatic rings. The lowest BCUT2D eigenvalue weighted by Crippen LogP contribution is -2.55. The molecule has 3 atom stereocenters. The van der Waals surface area contributed by atoms with Crippen molar-refractivity contribution in [3.8, 4) is 0 Å². The molecule has 0 saturated heterocycles. The zero-order chi connectivity index (χ0) is 21.9. The predicted octanol–water partition coefficient (Wildman–Crippen LogP) is 2.54. The molecule has 4 N–H and O–H groups in total. The zero-order valence-corrected chi connectivity index (χ0v) is 17.3. The molecule has 0 spiro atoms. The van der Waals surface area contributed by atoms with Crippen LogP contribution in [0.4, 0.5) is 4.79 Å². The second-order valence-electron chi connectivity index (χ2n) is 7.22. The standard InChI is InChI=1S/C23H29N3O4/c1-3-16(2)20(21(24)27)26-22(28)19(14-17-10-6-4-7-11-17)25-23(29)30-15-18-12-8-5-9-13-18/h4-13,16,19-20H,3,14-15H2,1-2H3,(H2,24,27)(H,25,29)(H,26,28)/t16-,19-,20+/m0/s1. The van der Waals surface area contributed by atoms with E-state index in [1.165, 1.54) is 0 Å². The number of alkyl carbamates (subject to hydrolysis) is 1. The minimum Gasteiger partial charge on any atom is -0.445 e. The van der Waals surface area contributed by atoms with Gasteiger partial charge in [0.1, 0.15) is 18.7 Å². The number of rotatable bonds is 10. The normalized spacial score (nSPS) is 13.5. The second kappa shape index (κ2) is 11.6. The van der Waals surface area contributed by atoms with Crippen LogP contribution in [-0.4, -0.2) is 30.0 Å². The van der Waals surface area contributed by atoms with Gasteiger partial charge in [-0.05, 0) is 17.0 Å². The highest BCUT2D eigenvalue weighted by atomic mass is 16.5. The third kappa shape index (κ3) is 7.24. The van der Waals surface area contributed by atoms with Gasteiger partial charge in [0.25, 0.3) is 0 Å². The van der Waals surface area contributed by atoms with Crippen LogP contribution in [0.25, 0.3) is 0 Å². The van der Waals surface area contributed by atoms with Gasteiger partial charge in [-0.25, -0.2) is 4.79 Å². The molecular formula is C23H29N3O4. The van der Waals surface area contributed by atoms with E-state index in [1.54, 1.807) is 0 Å². The summed E-state index contributed by atoms with van der Waals surface area (Å²) in [4.78, 5) is 37.0. The molecule has 0 aromatic heterocycles. The van der Waals surface area contributed by atoms with E-state index in [-0.39, 0.29) is 18.9 Å². The van der Waals surface area contributed by atoms with Crippen molar-refractivity contribution < 1.29 is 19.1 Å². The topological polar surface area (TPSA) is 111 Å². The summed E-state index contributed by atoms with van der Waals surface area (Å²) in [6.45, 7) is 3.83. The summed E-state index contributed by atoms with van der Waals surface area (Å²) < 4.78 is 5.25. The quantitative estimate of drug-likeness (QED) is 0.558. The van der Waals surface area contributed by atoms with E-state index in [0.717, 1.165) is 11.1 Å². The van der Waals surface area contributed by atoms with Crippen LogP contribution in [0.15, 0.2) is 60.7 Å². The minimum atomic E-state index is -0.915. The fraction of sp³-hybridized carbons (Fsp3) is 0.348. The Bertz CT molecular complexity index is 827. The van der Waals surface area contributed by atoms with E-state index in [2.05, 4.69) is 10.6 Å². The Hall–Kier alpha value is -3.35. The largest absolute Gasteiger partial charge is 0.445 e. The monoisotopic (exact) mass is 411 g/mol. The van der Waals surface area contributed by atoms with Crippen LogP contribution < -0.4 is 16.4 Å². The number of hydrogen-bond donors (Lipinski definition) is 3. The van der Waals surface area contributed by atoms with Crippen molar-refractivity contribution in [2.75, 3.05) is 0 Å². The van der Waals surface area contributed by atoms with E-state index in [1.807, 2.05) is 74.5 Å². The molecule has 2 aromatic rings. The van der Waals surface area contributed by atoms with E-state index in [4.69, 9.17) is 10.5 Å². The van der Waals surface area contributed by atoms with Crippen molar-refractivity contribution in [2.24, 2.45) is 11.7 Å². The first-order valence-electron chi connectivity index (χ1n) is 10.0. The van der Waals surface area contributed by atoms with Crippen molar-refractivity contribution in [1.82, 2.24) is 10.6 Å². The van der Waals surface area contributed by atoms with Gasteiger partial charge >= 0.3 is 6.09 Å². The Morgan fingerprint density at radius 3 is 2.03 bits per heavy atom. The van der Waals surface area contributed by atoms with Gasteiger partial charge in [0.2, 0.25) is 11.8 Å². The highest BCUT2D eigenvalue weighted by molar-refractivity contribution is 5.91. The van der Waals surface area contributed by atoms with Crippen molar-refractivity contribution in [3.63, 3.8) is 0 Å². The van der Waals surface area contributed by atoms with E-state index in [9.17, 15) is 14.4 Å². The number of amides is 3. The summed E-state index contributed by atoms with van der Waals surface area (Å²) in [6.07, 6.45) is 0.206. The molecule has 3 amide bonds. The molecule has 7 nitrogen and oxygen atoms in total. The van der Waals surface area contributed by atoms with Crippen molar-refractivity contribution in [1.29, 1.82) is 0 Å². The minimum absolute atomic E-state index is 0.0864. The molecule has 0 unspecified atom stereocenters. The van der Waals surface area contributed by atoms with Gasteiger partial charge in [-0.3, -0.25) is 9.59 Å². The lowest BCUT2D eigenvalue weighted by atomic mass is 9.97. The van der Waals surface area contributed by atoms with Gasteiger partial charge in [0.05, 0.1) is 0 Å². The molecule has 0 saturated carbocycles. The summed E-state index contributed by atoms with van der Waals surface area (Å²) in [5.74, 6) is -1.23. The smallest absolute Gasteiger partial charge is 0.408 e. The van der Waals surface area contributed by atoms with Crippen molar-refractivity contribution in [2.45, 2.75) is 45.4 Å². The lowest BCUT2D eigenvalue weighted by Gasteiger charge is -2.25. The summed E-state index contributed by atoms with van der Waals surface area (Å²) >= 11 is 0. The highest BCUT2D eigenvalue weighted by Gasteiger charge is 2.29. The Kier molecular flexibility index (Phi) is 8.87. The first-order valence-corrected chi connectivity index (χ1v) is 10.0. The van der Waals surface area contributed by atoms with Crippen LogP contribution in [0.2, 0.25) is 0 Å². The molecule has 7 heteroatoms. The maximum absolute atomic E-state index is 12.9. The molecule has 0 radical (unpaired) electrons. The lowest BCUT2D eigenvalue weighted by molar-refractivity contribution is -0.129. The molecular weight excluding hydrogens is 382 g/mol. The number of hydrogen-bond acceptors (Lipinski definition) is 4. The first-order chi connectivity index (χ1) is 14.4. The maximum atomic E-state index is 12.9. The zero-order valence-electron chi connectivity index (χ0n) is 17.3. The maximum Gasteiger partial charge on any atom is 0.408 e. The average molecular weight is 412 g/mol. The van der Waals surface area contributed by atoms with Crippen LogP contribution in [0.3, 0.4) is 0 Å². The second-order valence-corrected chi connectivity index (χ2v) is 7.22. The number of benzene rings is 2. The molecule has 0 fully saturated rings. The van der Waals surface area contributed by atoms with Gasteiger partial charge in [0, 0.05) is 6.42 Å². The van der Waals surface area contributed by atoms with Gasteiger partial charge in [-0.1, -0.05) is 80.9 Å². The third-order valence-electron chi connectivity index (χ3n) is 4.92. The molecule has 0 heterocycles. The van der Waals surface area contributed by atoms with Crippen LogP contribution in [-0.2, 0) is 27.4 Å². The van der Waals surface area contributed by atoms with Crippen LogP contribution in [0.5, 0.6) is 0 Å². The number of carbonyl (C=O) groups excluding carboxylic acids is 3. The summed E-state index contributed by atoms with van der Waals surface area (Å²) in [6, 6.07) is 16.8. The Morgan fingerprint density at radius 2 is 1.50 bits per heavy atom. The van der Waals surface area contributed by atoms with Crippen molar-refractivity contribution in [3.05, 3.63) is 71.8 Å². The molecule has 2 aromatic carbocycles. The number of ether oxygens (including phenoxy) is 1. The first kappa shape index (κ1) is 22.9. The fourth-order valence-electron chi connectivity index (χ4n) is 2.95. The SMILES string of the molecule is CC[C@H](C)[C@@H](NC(=O)[C@H](Cc1ccccc1)NC(=O)OCc1ccccc1)C(N)=O. The Labute approximate surface area is 177 Å². The summed E-state index contributed by atoms with van der Waals surface area (Å²) in [7, 11) is 0. The molecule has 0 aliphatic heterocycles. The van der Waals surface area contributed by atoms with Gasteiger partial charge < -0.3 is 21.1 Å². The Morgan fingerprint density at radius 1 is 0.933 bits per heavy atom. The van der Waals surface area contributed by atoms with Gasteiger partial charge in [0.15, 0.2) is 0 Å². The molecule has 30 heavy (non-hydrogen) atoms. The fourth-order valence-corrected chi connectivity index (χ4v) is 2.95. The predicted molar refractivity (Wildman–Crippen MR) is 114 cm³/mol. The Balaban J connectivity index is 2.08. The van der Waals surface area contributed by atoms with E-state index < -0.39 is 30.0 Å². The molecule has 160 valence electrons.